The Labute approximate surface area is 137 Å². The number of amides is 1. The van der Waals surface area contributed by atoms with E-state index in [4.69, 9.17) is 4.74 Å². The van der Waals surface area contributed by atoms with E-state index in [1.54, 1.807) is 7.11 Å². The molecule has 3 nitrogen and oxygen atoms in total. The minimum atomic E-state index is -0.102. The van der Waals surface area contributed by atoms with E-state index in [2.05, 4.69) is 17.4 Å². The van der Waals surface area contributed by atoms with Gasteiger partial charge in [-0.25, -0.2) is 0 Å². The van der Waals surface area contributed by atoms with Crippen LogP contribution in [0.25, 0.3) is 0 Å². The van der Waals surface area contributed by atoms with Gasteiger partial charge in [-0.05, 0) is 61.9 Å². The fourth-order valence-corrected chi connectivity index (χ4v) is 3.26. The molecular formula is C20H23NO2. The highest BCUT2D eigenvalue weighted by Crippen LogP contribution is 2.25. The van der Waals surface area contributed by atoms with Crippen LogP contribution >= 0.6 is 0 Å². The van der Waals surface area contributed by atoms with Gasteiger partial charge in [0.2, 0.25) is 0 Å². The van der Waals surface area contributed by atoms with E-state index in [0.29, 0.717) is 0 Å². The molecule has 0 radical (unpaired) electrons. The summed E-state index contributed by atoms with van der Waals surface area (Å²) >= 11 is 0. The highest BCUT2D eigenvalue weighted by atomic mass is 16.5. The fourth-order valence-electron chi connectivity index (χ4n) is 3.26. The van der Waals surface area contributed by atoms with Crippen molar-refractivity contribution in [2.75, 3.05) is 7.11 Å². The van der Waals surface area contributed by atoms with Crippen molar-refractivity contribution in [1.82, 2.24) is 5.32 Å². The molecule has 0 unspecified atom stereocenters. The summed E-state index contributed by atoms with van der Waals surface area (Å²) in [6.45, 7) is 1.98. The molecule has 0 bridgehead atoms. The van der Waals surface area contributed by atoms with Crippen LogP contribution in [0.4, 0.5) is 0 Å². The summed E-state index contributed by atoms with van der Waals surface area (Å²) < 4.78 is 5.38. The Kier molecular flexibility index (Phi) is 4.65. The van der Waals surface area contributed by atoms with E-state index in [-0.39, 0.29) is 11.9 Å². The lowest BCUT2D eigenvalue weighted by Crippen LogP contribution is -2.27. The maximum atomic E-state index is 12.6. The van der Waals surface area contributed by atoms with Gasteiger partial charge in [-0.2, -0.15) is 0 Å². The standard InChI is InChI=1S/C20H23NO2/c1-14(18-9-5-6-10-19(18)23-2)21-20(22)17-12-11-15-7-3-4-8-16(15)13-17/h5-6,9-14H,3-4,7-8H2,1-2H3,(H,21,22)/t14-/m1/s1. The van der Waals surface area contributed by atoms with Crippen molar-refractivity contribution in [2.24, 2.45) is 0 Å². The third kappa shape index (κ3) is 3.39. The molecule has 1 atom stereocenters. The van der Waals surface area contributed by atoms with Crippen LogP contribution in [0.15, 0.2) is 42.5 Å². The van der Waals surface area contributed by atoms with Gasteiger partial charge < -0.3 is 10.1 Å². The maximum absolute atomic E-state index is 12.6. The second-order valence-electron chi connectivity index (χ2n) is 6.13. The van der Waals surface area contributed by atoms with Crippen LogP contribution in [0.5, 0.6) is 5.75 Å². The summed E-state index contributed by atoms with van der Waals surface area (Å²) in [7, 11) is 1.65. The first-order chi connectivity index (χ1) is 11.2. The molecule has 1 N–H and O–H groups in total. The van der Waals surface area contributed by atoms with E-state index >= 15 is 0 Å². The Hall–Kier alpha value is -2.29. The number of fused-ring (bicyclic) bond motifs is 1. The van der Waals surface area contributed by atoms with Crippen LogP contribution in [0.2, 0.25) is 0 Å². The molecule has 2 aromatic rings. The zero-order chi connectivity index (χ0) is 16.2. The summed E-state index contributed by atoms with van der Waals surface area (Å²) in [5, 5.41) is 3.08. The molecule has 0 aliphatic heterocycles. The topological polar surface area (TPSA) is 38.3 Å². The number of para-hydroxylation sites is 1. The molecule has 23 heavy (non-hydrogen) atoms. The average Bonchev–Trinajstić information content (AvgIpc) is 2.61. The Bertz CT molecular complexity index is 709. The van der Waals surface area contributed by atoms with Gasteiger partial charge >= 0.3 is 0 Å². The SMILES string of the molecule is COc1ccccc1[C@@H](C)NC(=O)c1ccc2c(c1)CCCC2. The predicted molar refractivity (Wildman–Crippen MR) is 92.0 cm³/mol. The Morgan fingerprint density at radius 2 is 1.83 bits per heavy atom. The lowest BCUT2D eigenvalue weighted by Gasteiger charge is -2.19. The van der Waals surface area contributed by atoms with E-state index in [1.165, 1.54) is 24.0 Å². The number of benzene rings is 2. The zero-order valence-corrected chi connectivity index (χ0v) is 13.8. The second kappa shape index (κ2) is 6.86. The number of carbonyl (C=O) groups is 1. The van der Waals surface area contributed by atoms with Gasteiger partial charge in [0.05, 0.1) is 13.2 Å². The van der Waals surface area contributed by atoms with E-state index in [0.717, 1.165) is 29.7 Å². The number of aryl methyl sites for hydroxylation is 2. The van der Waals surface area contributed by atoms with Crippen molar-refractivity contribution in [3.63, 3.8) is 0 Å². The Morgan fingerprint density at radius 3 is 2.61 bits per heavy atom. The van der Waals surface area contributed by atoms with Crippen molar-refractivity contribution in [3.8, 4) is 5.75 Å². The quantitative estimate of drug-likeness (QED) is 0.924. The van der Waals surface area contributed by atoms with Crippen molar-refractivity contribution in [2.45, 2.75) is 38.6 Å². The highest BCUT2D eigenvalue weighted by Gasteiger charge is 2.16. The minimum absolute atomic E-state index is 0.0308. The molecule has 2 aromatic carbocycles. The number of hydrogen-bond donors (Lipinski definition) is 1. The normalized spacial score (nSPS) is 14.7. The van der Waals surface area contributed by atoms with E-state index in [9.17, 15) is 4.79 Å². The van der Waals surface area contributed by atoms with Crippen molar-refractivity contribution < 1.29 is 9.53 Å². The van der Waals surface area contributed by atoms with Crippen molar-refractivity contribution in [1.29, 1.82) is 0 Å². The lowest BCUT2D eigenvalue weighted by molar-refractivity contribution is 0.0939. The Morgan fingerprint density at radius 1 is 1.09 bits per heavy atom. The summed E-state index contributed by atoms with van der Waals surface area (Å²) in [6, 6.07) is 13.8. The number of rotatable bonds is 4. The summed E-state index contributed by atoms with van der Waals surface area (Å²) in [4.78, 5) is 12.6. The molecular weight excluding hydrogens is 286 g/mol. The molecule has 0 saturated carbocycles. The van der Waals surface area contributed by atoms with Gasteiger partial charge in [-0.3, -0.25) is 4.79 Å². The molecule has 120 valence electrons. The van der Waals surface area contributed by atoms with Gasteiger partial charge in [0.15, 0.2) is 0 Å². The molecule has 3 rings (SSSR count). The number of hydrogen-bond acceptors (Lipinski definition) is 2. The van der Waals surface area contributed by atoms with Gasteiger partial charge in [-0.1, -0.05) is 24.3 Å². The molecule has 0 aromatic heterocycles. The number of carbonyl (C=O) groups excluding carboxylic acids is 1. The highest BCUT2D eigenvalue weighted by molar-refractivity contribution is 5.94. The monoisotopic (exact) mass is 309 g/mol. The largest absolute Gasteiger partial charge is 0.496 e. The van der Waals surface area contributed by atoms with Crippen LogP contribution in [-0.2, 0) is 12.8 Å². The van der Waals surface area contributed by atoms with Crippen LogP contribution in [0, 0.1) is 0 Å². The third-order valence-electron chi connectivity index (χ3n) is 4.56. The molecule has 1 amide bonds. The fraction of sp³-hybridized carbons (Fsp3) is 0.350. The van der Waals surface area contributed by atoms with Crippen molar-refractivity contribution >= 4 is 5.91 Å². The maximum Gasteiger partial charge on any atom is 0.251 e. The number of nitrogens with one attached hydrogen (secondary N) is 1. The molecule has 0 spiro atoms. The molecule has 1 aliphatic carbocycles. The summed E-state index contributed by atoms with van der Waals surface area (Å²) in [5.74, 6) is 0.766. The summed E-state index contributed by atoms with van der Waals surface area (Å²) in [5.41, 5.74) is 4.45. The van der Waals surface area contributed by atoms with Gasteiger partial charge in [-0.15, -0.1) is 0 Å². The Balaban J connectivity index is 1.76. The lowest BCUT2D eigenvalue weighted by atomic mass is 9.90. The molecule has 1 aliphatic rings. The van der Waals surface area contributed by atoms with E-state index < -0.39 is 0 Å². The minimum Gasteiger partial charge on any atom is -0.496 e. The molecule has 0 fully saturated rings. The van der Waals surface area contributed by atoms with Gasteiger partial charge in [0, 0.05) is 11.1 Å². The predicted octanol–water partition coefficient (Wildman–Crippen LogP) is 4.07. The number of ether oxygens (including phenoxy) is 1. The average molecular weight is 309 g/mol. The van der Waals surface area contributed by atoms with Crippen LogP contribution < -0.4 is 10.1 Å². The zero-order valence-electron chi connectivity index (χ0n) is 13.8. The first-order valence-electron chi connectivity index (χ1n) is 8.24. The first-order valence-corrected chi connectivity index (χ1v) is 8.24. The van der Waals surface area contributed by atoms with Crippen molar-refractivity contribution in [3.05, 3.63) is 64.7 Å². The smallest absolute Gasteiger partial charge is 0.251 e. The number of methoxy groups -OCH3 is 1. The van der Waals surface area contributed by atoms with Crippen LogP contribution in [0.1, 0.15) is 52.9 Å². The molecule has 3 heteroatoms. The molecule has 0 heterocycles. The first kappa shape index (κ1) is 15.6. The molecule has 0 saturated heterocycles. The third-order valence-corrected chi connectivity index (χ3v) is 4.56. The van der Waals surface area contributed by atoms with E-state index in [1.807, 2.05) is 37.3 Å². The van der Waals surface area contributed by atoms with Gasteiger partial charge in [0.25, 0.3) is 5.91 Å². The second-order valence-corrected chi connectivity index (χ2v) is 6.13. The van der Waals surface area contributed by atoms with Crippen LogP contribution in [-0.4, -0.2) is 13.0 Å². The summed E-state index contributed by atoms with van der Waals surface area (Å²) in [6.07, 6.45) is 4.69. The van der Waals surface area contributed by atoms with Crippen LogP contribution in [0.3, 0.4) is 0 Å². The van der Waals surface area contributed by atoms with Gasteiger partial charge in [0.1, 0.15) is 5.75 Å².